The van der Waals surface area contributed by atoms with Gasteiger partial charge in [0.25, 0.3) is 0 Å². The second-order valence-corrected chi connectivity index (χ2v) is 7.00. The molecule has 2 aliphatic rings. The molecule has 0 radical (unpaired) electrons. The maximum Gasteiger partial charge on any atom is 0.216 e. The van der Waals surface area contributed by atoms with Crippen LogP contribution in [0.25, 0.3) is 11.6 Å². The summed E-state index contributed by atoms with van der Waals surface area (Å²) in [6, 6.07) is 3.67. The molecule has 10 heteroatoms. The Labute approximate surface area is 181 Å². The zero-order chi connectivity index (χ0) is 18.5. The number of furan rings is 1. The Morgan fingerprint density at radius 1 is 1.36 bits per heavy atom. The quantitative estimate of drug-likeness (QED) is 0.364. The summed E-state index contributed by atoms with van der Waals surface area (Å²) in [4.78, 5) is 13.7. The highest BCUT2D eigenvalue weighted by molar-refractivity contribution is 14.0. The van der Waals surface area contributed by atoms with Gasteiger partial charge >= 0.3 is 0 Å². The molecule has 4 rings (SSSR count). The Morgan fingerprint density at radius 2 is 2.21 bits per heavy atom. The third-order valence-electron chi connectivity index (χ3n) is 5.10. The van der Waals surface area contributed by atoms with Gasteiger partial charge in [0, 0.05) is 39.8 Å². The maximum atomic E-state index is 5.44. The molecular formula is C18H28IN7O2. The predicted molar refractivity (Wildman–Crippen MR) is 117 cm³/mol. The monoisotopic (exact) mass is 501 g/mol. The topological polar surface area (TPSA) is 94.8 Å². The van der Waals surface area contributed by atoms with Gasteiger partial charge in [-0.05, 0) is 24.5 Å². The third kappa shape index (κ3) is 5.23. The first-order valence-electron chi connectivity index (χ1n) is 9.52. The van der Waals surface area contributed by atoms with E-state index in [1.54, 1.807) is 6.26 Å². The van der Waals surface area contributed by atoms with Crippen LogP contribution < -0.4 is 5.32 Å². The van der Waals surface area contributed by atoms with Crippen molar-refractivity contribution in [3.63, 3.8) is 0 Å². The highest BCUT2D eigenvalue weighted by Crippen LogP contribution is 2.18. The number of aliphatic imine (C=N–C) groups is 1. The normalized spacial score (nSPS) is 21.0. The van der Waals surface area contributed by atoms with Crippen molar-refractivity contribution in [3.8, 4) is 11.6 Å². The molecule has 0 spiro atoms. The number of aromatic amines is 1. The van der Waals surface area contributed by atoms with Crippen LogP contribution in [-0.4, -0.2) is 83.9 Å². The van der Waals surface area contributed by atoms with Gasteiger partial charge in [0.1, 0.15) is 5.82 Å². The zero-order valence-electron chi connectivity index (χ0n) is 16.1. The zero-order valence-corrected chi connectivity index (χ0v) is 18.5. The first-order chi connectivity index (χ1) is 13.3. The number of nitrogens with one attached hydrogen (secondary N) is 2. The number of rotatable bonds is 5. The highest BCUT2D eigenvalue weighted by Gasteiger charge is 2.27. The molecule has 2 saturated heterocycles. The molecule has 28 heavy (non-hydrogen) atoms. The number of H-pyrrole nitrogens is 1. The molecule has 2 aromatic heterocycles. The van der Waals surface area contributed by atoms with E-state index in [4.69, 9.17) is 9.15 Å². The lowest BCUT2D eigenvalue weighted by Crippen LogP contribution is -2.42. The maximum absolute atomic E-state index is 5.44. The largest absolute Gasteiger partial charge is 0.461 e. The van der Waals surface area contributed by atoms with E-state index >= 15 is 0 Å². The van der Waals surface area contributed by atoms with Crippen LogP contribution in [-0.2, 0) is 11.3 Å². The van der Waals surface area contributed by atoms with E-state index in [2.05, 4.69) is 35.3 Å². The van der Waals surface area contributed by atoms with Gasteiger partial charge in [0.2, 0.25) is 5.82 Å². The Bertz CT molecular complexity index is 743. The predicted octanol–water partition coefficient (Wildman–Crippen LogP) is 1.41. The van der Waals surface area contributed by atoms with Crippen LogP contribution >= 0.6 is 24.0 Å². The number of guanidine groups is 1. The fourth-order valence-corrected chi connectivity index (χ4v) is 3.71. The summed E-state index contributed by atoms with van der Waals surface area (Å²) in [5, 5.41) is 10.5. The number of likely N-dealkylation sites (tertiary alicyclic amines) is 1. The molecule has 1 unspecified atom stereocenters. The highest BCUT2D eigenvalue weighted by atomic mass is 127. The molecule has 2 aliphatic heterocycles. The minimum atomic E-state index is 0. The van der Waals surface area contributed by atoms with E-state index in [0.717, 1.165) is 57.7 Å². The van der Waals surface area contributed by atoms with Gasteiger partial charge in [-0.1, -0.05) is 0 Å². The molecule has 4 heterocycles. The molecule has 0 bridgehead atoms. The van der Waals surface area contributed by atoms with Crippen LogP contribution in [0.3, 0.4) is 0 Å². The number of hydrogen-bond donors (Lipinski definition) is 2. The van der Waals surface area contributed by atoms with Crippen LogP contribution in [0, 0.1) is 5.92 Å². The first kappa shape index (κ1) is 21.1. The van der Waals surface area contributed by atoms with Crippen LogP contribution in [0.15, 0.2) is 27.8 Å². The van der Waals surface area contributed by atoms with Crippen molar-refractivity contribution in [2.24, 2.45) is 10.9 Å². The van der Waals surface area contributed by atoms with Crippen molar-refractivity contribution in [1.29, 1.82) is 0 Å². The molecule has 2 N–H and O–H groups in total. The van der Waals surface area contributed by atoms with E-state index in [1.807, 2.05) is 19.2 Å². The van der Waals surface area contributed by atoms with Crippen molar-refractivity contribution >= 4 is 29.9 Å². The fourth-order valence-electron chi connectivity index (χ4n) is 3.71. The molecule has 2 fully saturated rings. The van der Waals surface area contributed by atoms with Crippen molar-refractivity contribution in [3.05, 3.63) is 24.2 Å². The third-order valence-corrected chi connectivity index (χ3v) is 5.10. The molecule has 0 saturated carbocycles. The van der Waals surface area contributed by atoms with E-state index in [0.29, 0.717) is 24.0 Å². The Morgan fingerprint density at radius 3 is 2.96 bits per heavy atom. The lowest BCUT2D eigenvalue weighted by atomic mass is 10.1. The van der Waals surface area contributed by atoms with Crippen molar-refractivity contribution in [2.45, 2.75) is 13.0 Å². The molecule has 0 aliphatic carbocycles. The van der Waals surface area contributed by atoms with Crippen LogP contribution in [0.2, 0.25) is 0 Å². The molecule has 154 valence electrons. The van der Waals surface area contributed by atoms with Gasteiger partial charge in [0.05, 0.1) is 26.0 Å². The fraction of sp³-hybridized carbons (Fsp3) is 0.611. The van der Waals surface area contributed by atoms with E-state index in [9.17, 15) is 0 Å². The second kappa shape index (κ2) is 10.2. The van der Waals surface area contributed by atoms with Crippen LogP contribution in [0.1, 0.15) is 12.2 Å². The van der Waals surface area contributed by atoms with Gasteiger partial charge in [-0.3, -0.25) is 15.0 Å². The summed E-state index contributed by atoms with van der Waals surface area (Å²) < 4.78 is 10.8. The van der Waals surface area contributed by atoms with Gasteiger partial charge < -0.3 is 19.4 Å². The molecule has 0 aromatic carbocycles. The summed E-state index contributed by atoms with van der Waals surface area (Å²) >= 11 is 0. The number of ether oxygens (including phenoxy) is 1. The van der Waals surface area contributed by atoms with E-state index < -0.39 is 0 Å². The lowest BCUT2D eigenvalue weighted by molar-refractivity contribution is 0.0315. The number of hydrogen-bond acceptors (Lipinski definition) is 6. The van der Waals surface area contributed by atoms with Crippen molar-refractivity contribution < 1.29 is 9.15 Å². The summed E-state index contributed by atoms with van der Waals surface area (Å²) in [7, 11) is 1.83. The molecule has 9 nitrogen and oxygen atoms in total. The van der Waals surface area contributed by atoms with Gasteiger partial charge in [-0.25, -0.2) is 4.98 Å². The average molecular weight is 501 g/mol. The number of halogens is 1. The van der Waals surface area contributed by atoms with Gasteiger partial charge in [-0.15, -0.1) is 29.1 Å². The Kier molecular flexibility index (Phi) is 7.68. The second-order valence-electron chi connectivity index (χ2n) is 7.00. The SMILES string of the molecule is CN=C(NCc1nc(-c2ccco2)n[nH]1)N1CCC(CN2CCOCC2)C1.I. The number of aromatic nitrogens is 3. The minimum Gasteiger partial charge on any atom is -0.461 e. The molecule has 0 amide bonds. The van der Waals surface area contributed by atoms with Crippen molar-refractivity contribution in [2.75, 3.05) is 53.0 Å². The summed E-state index contributed by atoms with van der Waals surface area (Å²) in [6.07, 6.45) is 2.81. The number of morpholine rings is 1. The van der Waals surface area contributed by atoms with Crippen molar-refractivity contribution in [1.82, 2.24) is 30.3 Å². The average Bonchev–Trinajstić information content (AvgIpc) is 3.45. The number of nitrogens with zero attached hydrogens (tertiary/aromatic N) is 5. The van der Waals surface area contributed by atoms with Crippen LogP contribution in [0.5, 0.6) is 0 Å². The molecular weight excluding hydrogens is 473 g/mol. The Balaban J connectivity index is 0.00000225. The van der Waals surface area contributed by atoms with Gasteiger partial charge in [-0.2, -0.15) is 0 Å². The summed E-state index contributed by atoms with van der Waals surface area (Å²) in [6.45, 7) is 7.57. The van der Waals surface area contributed by atoms with E-state index in [-0.39, 0.29) is 24.0 Å². The first-order valence-corrected chi connectivity index (χ1v) is 9.52. The lowest BCUT2D eigenvalue weighted by Gasteiger charge is -2.29. The van der Waals surface area contributed by atoms with Gasteiger partial charge in [0.15, 0.2) is 11.7 Å². The molecule has 1 atom stereocenters. The minimum absolute atomic E-state index is 0. The summed E-state index contributed by atoms with van der Waals surface area (Å²) in [5.41, 5.74) is 0. The smallest absolute Gasteiger partial charge is 0.216 e. The van der Waals surface area contributed by atoms with Crippen LogP contribution in [0.4, 0.5) is 0 Å². The Hall–Kier alpha value is -1.66. The standard InChI is InChI=1S/C18H27N7O2.HI/c1-19-18(20-11-16-21-17(23-22-16)15-3-2-8-27-15)25-5-4-14(13-25)12-24-6-9-26-10-7-24;/h2-3,8,14H,4-7,9-13H2,1H3,(H,19,20)(H,21,22,23);1H. The van der Waals surface area contributed by atoms with E-state index in [1.165, 1.54) is 6.42 Å². The molecule has 2 aromatic rings. The summed E-state index contributed by atoms with van der Waals surface area (Å²) in [5.74, 6) is 3.57.